The van der Waals surface area contributed by atoms with Gasteiger partial charge in [-0.15, -0.1) is 0 Å². The largest absolute Gasteiger partial charge is 0.435 e. The van der Waals surface area contributed by atoms with Gasteiger partial charge in [0.1, 0.15) is 11.5 Å². The first-order valence-corrected chi connectivity index (χ1v) is 15.5. The topological polar surface area (TPSA) is 38.2 Å². The molecule has 202 valence electrons. The van der Waals surface area contributed by atoms with Crippen molar-refractivity contribution in [2.45, 2.75) is 27.7 Å². The maximum absolute atomic E-state index is 6.95. The van der Waals surface area contributed by atoms with E-state index >= 15 is 0 Å². The summed E-state index contributed by atoms with van der Waals surface area (Å²) < 4.78 is 22.4. The van der Waals surface area contributed by atoms with Crippen LogP contribution in [0.2, 0.25) is 0 Å². The summed E-state index contributed by atoms with van der Waals surface area (Å²) in [6.07, 6.45) is 16.4. The monoisotopic (exact) mass is 566 g/mol. The van der Waals surface area contributed by atoms with Crippen molar-refractivity contribution in [3.8, 4) is 22.6 Å². The highest BCUT2D eigenvalue weighted by atomic mass is 31.2. The summed E-state index contributed by atoms with van der Waals surface area (Å²) >= 11 is 0. The smallest absolute Gasteiger partial charge is 0.317 e. The minimum absolute atomic E-state index is 0.835. The second-order valence-corrected chi connectivity index (χ2v) is 12.9. The van der Waals surface area contributed by atoms with Crippen LogP contribution in [-0.4, -0.2) is 17.4 Å². The van der Waals surface area contributed by atoms with Gasteiger partial charge in [0.15, 0.2) is 0 Å². The average Bonchev–Trinajstić information content (AvgIpc) is 3.78. The lowest BCUT2D eigenvalue weighted by Gasteiger charge is -2.26. The van der Waals surface area contributed by atoms with E-state index in [1.165, 1.54) is 22.3 Å². The number of benzene rings is 2. The van der Waals surface area contributed by atoms with Gasteiger partial charge in [-0.2, -0.15) is 0 Å². The molecule has 6 aromatic rings. The highest BCUT2D eigenvalue weighted by Gasteiger charge is 2.26. The highest BCUT2D eigenvalue weighted by molar-refractivity contribution is 7.50. The van der Waals surface area contributed by atoms with Gasteiger partial charge in [0.2, 0.25) is 0 Å². The molecule has 0 saturated heterocycles. The standard InChI is InChI=1S/C32H32N4O2P2/c1-25-13-15-29(37-39(33-17-5-6-18-33)34-19-7-8-20-34)31(27(25)3)32-28(4)26(2)14-16-30(32)38-40(35-21-9-10-22-35)36-23-11-12-24-36/h5-24H,1-4H3. The Morgan fingerprint density at radius 1 is 0.425 bits per heavy atom. The Kier molecular flexibility index (Phi) is 7.38. The van der Waals surface area contributed by atoms with Gasteiger partial charge in [0, 0.05) is 60.7 Å². The quantitative estimate of drug-likeness (QED) is 0.164. The highest BCUT2D eigenvalue weighted by Crippen LogP contribution is 2.51. The Labute approximate surface area is 237 Å². The van der Waals surface area contributed by atoms with Gasteiger partial charge in [-0.25, -0.2) is 0 Å². The lowest BCUT2D eigenvalue weighted by atomic mass is 9.90. The maximum atomic E-state index is 6.95. The number of rotatable bonds is 9. The van der Waals surface area contributed by atoms with E-state index in [0.29, 0.717) is 0 Å². The summed E-state index contributed by atoms with van der Waals surface area (Å²) in [5, 5.41) is 0. The molecular formula is C32H32N4O2P2. The van der Waals surface area contributed by atoms with Gasteiger partial charge in [0.05, 0.1) is 0 Å². The predicted molar refractivity (Wildman–Crippen MR) is 165 cm³/mol. The molecule has 2 aromatic carbocycles. The fourth-order valence-corrected chi connectivity index (χ4v) is 7.76. The summed E-state index contributed by atoms with van der Waals surface area (Å²) in [6, 6.07) is 24.8. The molecular weight excluding hydrogens is 534 g/mol. The van der Waals surface area contributed by atoms with Crippen molar-refractivity contribution in [1.82, 2.24) is 17.4 Å². The lowest BCUT2D eigenvalue weighted by Crippen LogP contribution is -2.07. The minimum Gasteiger partial charge on any atom is -0.435 e. The van der Waals surface area contributed by atoms with E-state index in [4.69, 9.17) is 9.05 Å². The predicted octanol–water partition coefficient (Wildman–Crippen LogP) is 9.20. The van der Waals surface area contributed by atoms with Crippen molar-refractivity contribution in [3.63, 3.8) is 0 Å². The average molecular weight is 567 g/mol. The molecule has 0 aliphatic heterocycles. The summed E-state index contributed by atoms with van der Waals surface area (Å²) in [7, 11) is -2.39. The van der Waals surface area contributed by atoms with Crippen LogP contribution < -0.4 is 9.05 Å². The molecule has 8 heteroatoms. The van der Waals surface area contributed by atoms with E-state index in [1.54, 1.807) is 0 Å². The van der Waals surface area contributed by atoms with Gasteiger partial charge in [0.25, 0.3) is 0 Å². The molecule has 0 spiro atoms. The summed E-state index contributed by atoms with van der Waals surface area (Å²) in [5.41, 5.74) is 6.91. The third-order valence-corrected chi connectivity index (χ3v) is 10.5. The number of hydrogen-bond donors (Lipinski definition) is 0. The Morgan fingerprint density at radius 3 is 0.975 bits per heavy atom. The first kappa shape index (κ1) is 26.3. The number of aryl methyl sites for hydroxylation is 2. The molecule has 0 saturated carbocycles. The fourth-order valence-electron chi connectivity index (χ4n) is 4.72. The summed E-state index contributed by atoms with van der Waals surface area (Å²) in [6.45, 7) is 8.66. The molecule has 6 nitrogen and oxygen atoms in total. The van der Waals surface area contributed by atoms with E-state index < -0.39 is 16.9 Å². The van der Waals surface area contributed by atoms with Gasteiger partial charge >= 0.3 is 16.9 Å². The molecule has 4 aromatic heterocycles. The molecule has 0 fully saturated rings. The van der Waals surface area contributed by atoms with Crippen LogP contribution in [-0.2, 0) is 0 Å². The molecule has 4 heterocycles. The Balaban J connectivity index is 1.50. The minimum atomic E-state index is -1.20. The van der Waals surface area contributed by atoms with Gasteiger partial charge in [-0.3, -0.25) is 17.4 Å². The molecule has 0 aliphatic rings. The van der Waals surface area contributed by atoms with Crippen molar-refractivity contribution >= 4 is 16.9 Å². The molecule has 0 radical (unpaired) electrons. The van der Waals surface area contributed by atoms with Crippen LogP contribution in [0.1, 0.15) is 22.3 Å². The molecule has 6 rings (SSSR count). The molecule has 0 N–H and O–H groups in total. The first-order chi connectivity index (χ1) is 19.5. The van der Waals surface area contributed by atoms with Gasteiger partial charge < -0.3 is 9.05 Å². The molecule has 0 bridgehead atoms. The van der Waals surface area contributed by atoms with Crippen LogP contribution in [0.3, 0.4) is 0 Å². The second-order valence-electron chi connectivity index (χ2n) is 9.70. The van der Waals surface area contributed by atoms with Crippen molar-refractivity contribution in [2.75, 3.05) is 0 Å². The van der Waals surface area contributed by atoms with E-state index in [2.05, 4.69) is 119 Å². The first-order valence-electron chi connectivity index (χ1n) is 13.2. The molecule has 40 heavy (non-hydrogen) atoms. The van der Waals surface area contributed by atoms with Crippen LogP contribution in [0, 0.1) is 27.7 Å². The number of aromatic nitrogens is 4. The molecule has 0 amide bonds. The summed E-state index contributed by atoms with van der Waals surface area (Å²) in [5.74, 6) is 1.67. The SMILES string of the molecule is Cc1ccc(OP(n2cccc2)n2cccc2)c(-c2c(OP(n3cccc3)n3cccc3)ccc(C)c2C)c1C. The zero-order valence-corrected chi connectivity index (χ0v) is 24.8. The summed E-state index contributed by atoms with van der Waals surface area (Å²) in [4.78, 5) is 0. The fraction of sp³-hybridized carbons (Fsp3) is 0.125. The Hall–Kier alpha value is -3.98. The molecule has 0 atom stereocenters. The number of hydrogen-bond acceptors (Lipinski definition) is 2. The molecule has 0 unspecified atom stereocenters. The normalized spacial score (nSPS) is 11.4. The third-order valence-electron chi connectivity index (χ3n) is 7.15. The van der Waals surface area contributed by atoms with Crippen molar-refractivity contribution < 1.29 is 9.05 Å². The van der Waals surface area contributed by atoms with Crippen LogP contribution in [0.4, 0.5) is 0 Å². The lowest BCUT2D eigenvalue weighted by molar-refractivity contribution is 0.585. The van der Waals surface area contributed by atoms with Crippen molar-refractivity contribution in [1.29, 1.82) is 0 Å². The van der Waals surface area contributed by atoms with Crippen LogP contribution in [0.25, 0.3) is 11.1 Å². The third kappa shape index (κ3) is 5.01. The number of nitrogens with zero attached hydrogens (tertiary/aromatic N) is 4. The zero-order valence-electron chi connectivity index (χ0n) is 23.0. The Bertz CT molecular complexity index is 1490. The van der Waals surface area contributed by atoms with Crippen LogP contribution >= 0.6 is 16.9 Å². The van der Waals surface area contributed by atoms with Gasteiger partial charge in [-0.05, 0) is 111 Å². The maximum Gasteiger partial charge on any atom is 0.317 e. The Morgan fingerprint density at radius 2 is 0.700 bits per heavy atom. The van der Waals surface area contributed by atoms with E-state index in [1.807, 2.05) is 48.5 Å². The zero-order chi connectivity index (χ0) is 27.6. The molecule has 0 aliphatic carbocycles. The second kappa shape index (κ2) is 11.3. The van der Waals surface area contributed by atoms with Crippen molar-refractivity contribution in [3.05, 3.63) is 145 Å². The van der Waals surface area contributed by atoms with Crippen LogP contribution in [0.5, 0.6) is 11.5 Å². The van der Waals surface area contributed by atoms with Crippen LogP contribution in [0.15, 0.2) is 122 Å². The van der Waals surface area contributed by atoms with E-state index in [-0.39, 0.29) is 0 Å². The van der Waals surface area contributed by atoms with Crippen molar-refractivity contribution in [2.24, 2.45) is 0 Å². The van der Waals surface area contributed by atoms with E-state index in [9.17, 15) is 0 Å². The van der Waals surface area contributed by atoms with Gasteiger partial charge in [-0.1, -0.05) is 12.1 Å². The van der Waals surface area contributed by atoms with E-state index in [0.717, 1.165) is 22.6 Å².